The Bertz CT molecular complexity index is 976. The minimum Gasteiger partial charge on any atom is -0.507 e. The second-order valence-corrected chi connectivity index (χ2v) is 7.48. The Hall–Kier alpha value is -2.47. The molecule has 0 aliphatic carbocycles. The van der Waals surface area contributed by atoms with Crippen LogP contribution in [0.4, 0.5) is 0 Å². The highest BCUT2D eigenvalue weighted by molar-refractivity contribution is 6.42. The smallest absolute Gasteiger partial charge is 0.188 e. The molecule has 30 heavy (non-hydrogen) atoms. The maximum absolute atomic E-state index is 11.4. The lowest BCUT2D eigenvalue weighted by Crippen LogP contribution is -2.05. The van der Waals surface area contributed by atoms with Gasteiger partial charge in [-0.3, -0.25) is 4.79 Å². The molecule has 0 aromatic heterocycles. The Labute approximate surface area is 186 Å². The summed E-state index contributed by atoms with van der Waals surface area (Å²) in [6, 6.07) is 6.64. The number of hydrogen-bond acceptors (Lipinski definition) is 5. The van der Waals surface area contributed by atoms with Gasteiger partial charge in [-0.05, 0) is 49.6 Å². The number of carbonyl (C=O) groups is 1. The van der Waals surface area contributed by atoms with E-state index < -0.39 is 0 Å². The minimum absolute atomic E-state index is 0.00753. The van der Waals surface area contributed by atoms with Gasteiger partial charge in [0.1, 0.15) is 23.5 Å². The molecule has 0 spiro atoms. The van der Waals surface area contributed by atoms with Crippen molar-refractivity contribution < 1.29 is 24.1 Å². The Morgan fingerprint density at radius 3 is 2.40 bits per heavy atom. The summed E-state index contributed by atoms with van der Waals surface area (Å²) in [6.07, 6.45) is 4.37. The minimum atomic E-state index is -0.0582. The van der Waals surface area contributed by atoms with Gasteiger partial charge in [0, 0.05) is 18.7 Å². The maximum atomic E-state index is 11.4. The van der Waals surface area contributed by atoms with E-state index in [1.54, 1.807) is 24.3 Å². The largest absolute Gasteiger partial charge is 0.507 e. The predicted molar refractivity (Wildman–Crippen MR) is 120 cm³/mol. The second-order valence-electron chi connectivity index (χ2n) is 6.66. The van der Waals surface area contributed by atoms with Gasteiger partial charge in [0.2, 0.25) is 0 Å². The van der Waals surface area contributed by atoms with Crippen LogP contribution >= 0.6 is 23.2 Å². The zero-order valence-corrected chi connectivity index (χ0v) is 18.8. The van der Waals surface area contributed by atoms with Crippen molar-refractivity contribution in [2.75, 3.05) is 21.0 Å². The number of carbonyl (C=O) groups excluding carboxylic acids is 1. The molecule has 0 heterocycles. The fourth-order valence-corrected chi connectivity index (χ4v) is 3.19. The average Bonchev–Trinajstić information content (AvgIpc) is 2.71. The highest BCUT2D eigenvalue weighted by atomic mass is 35.5. The quantitative estimate of drug-likeness (QED) is 0.225. The number of hydrogen-bond donors (Lipinski definition) is 1. The first kappa shape index (κ1) is 23.8. The van der Waals surface area contributed by atoms with Gasteiger partial charge in [-0.15, -0.1) is 0 Å². The molecule has 5 nitrogen and oxygen atoms in total. The number of ether oxygens (including phenoxy) is 3. The average molecular weight is 451 g/mol. The van der Waals surface area contributed by atoms with Gasteiger partial charge in [-0.25, -0.2) is 0 Å². The van der Waals surface area contributed by atoms with Gasteiger partial charge in [0.25, 0.3) is 0 Å². The highest BCUT2D eigenvalue weighted by Gasteiger charge is 2.23. The number of halogens is 2. The van der Waals surface area contributed by atoms with E-state index >= 15 is 0 Å². The van der Waals surface area contributed by atoms with Crippen molar-refractivity contribution in [1.82, 2.24) is 0 Å². The standard InChI is InChI=1S/C23H24Cl2O5/c1-14(2)5-7-17-20(30-13-28-3)12-21(29-4)22(23(17)27)16(9-10-26)15-6-8-18(24)19(25)11-15/h5-6,8-12,27H,7,13H2,1-4H3/b16-9+. The zero-order chi connectivity index (χ0) is 22.3. The third-order valence-corrected chi connectivity index (χ3v) is 5.07. The van der Waals surface area contributed by atoms with Crippen molar-refractivity contribution in [2.24, 2.45) is 0 Å². The van der Waals surface area contributed by atoms with Crippen LogP contribution in [-0.4, -0.2) is 32.4 Å². The molecule has 0 aliphatic heterocycles. The Morgan fingerprint density at radius 1 is 1.10 bits per heavy atom. The second kappa shape index (κ2) is 11.1. The van der Waals surface area contributed by atoms with Crippen LogP contribution in [0.1, 0.15) is 30.5 Å². The monoisotopic (exact) mass is 450 g/mol. The number of aldehydes is 1. The number of phenols is 1. The number of rotatable bonds is 9. The van der Waals surface area contributed by atoms with E-state index in [1.165, 1.54) is 20.3 Å². The van der Waals surface area contributed by atoms with Crippen molar-refractivity contribution >= 4 is 35.1 Å². The molecule has 7 heteroatoms. The molecule has 0 aliphatic rings. The summed E-state index contributed by atoms with van der Waals surface area (Å²) >= 11 is 12.2. The summed E-state index contributed by atoms with van der Waals surface area (Å²) in [6.45, 7) is 3.93. The molecule has 1 N–H and O–H groups in total. The topological polar surface area (TPSA) is 65.0 Å². The number of methoxy groups -OCH3 is 2. The van der Waals surface area contributed by atoms with Gasteiger partial charge in [-0.1, -0.05) is 40.9 Å². The first-order chi connectivity index (χ1) is 14.3. The molecule has 2 aromatic rings. The molecule has 0 radical (unpaired) electrons. The van der Waals surface area contributed by atoms with Crippen LogP contribution in [0.3, 0.4) is 0 Å². The van der Waals surface area contributed by atoms with E-state index in [9.17, 15) is 9.90 Å². The van der Waals surface area contributed by atoms with E-state index in [0.717, 1.165) is 5.57 Å². The Morgan fingerprint density at radius 2 is 1.83 bits per heavy atom. The molecule has 0 bridgehead atoms. The predicted octanol–water partition coefficient (Wildman–Crippen LogP) is 5.83. The number of aromatic hydroxyl groups is 1. The van der Waals surface area contributed by atoms with Crippen molar-refractivity contribution in [2.45, 2.75) is 20.3 Å². The molecule has 160 valence electrons. The summed E-state index contributed by atoms with van der Waals surface area (Å²) < 4.78 is 16.2. The molecule has 2 aromatic carbocycles. The van der Waals surface area contributed by atoms with E-state index in [1.807, 2.05) is 19.9 Å². The molecular formula is C23H24Cl2O5. The van der Waals surface area contributed by atoms with E-state index in [4.69, 9.17) is 37.4 Å². The molecule has 0 saturated carbocycles. The SMILES string of the molecule is COCOc1cc(OC)c(/C(=C/C=O)c2ccc(Cl)c(Cl)c2)c(O)c1CC=C(C)C. The highest BCUT2D eigenvalue weighted by Crippen LogP contribution is 2.45. The molecule has 0 atom stereocenters. The lowest BCUT2D eigenvalue weighted by atomic mass is 9.92. The van der Waals surface area contributed by atoms with Crippen LogP contribution in [0.5, 0.6) is 17.2 Å². The lowest BCUT2D eigenvalue weighted by molar-refractivity contribution is -0.104. The van der Waals surface area contributed by atoms with Crippen LogP contribution in [-0.2, 0) is 16.0 Å². The summed E-state index contributed by atoms with van der Waals surface area (Å²) in [5, 5.41) is 11.9. The van der Waals surface area contributed by atoms with Crippen molar-refractivity contribution in [3.63, 3.8) is 0 Å². The van der Waals surface area contributed by atoms with E-state index in [0.29, 0.717) is 56.5 Å². The van der Waals surface area contributed by atoms with Crippen LogP contribution < -0.4 is 9.47 Å². The number of allylic oxidation sites excluding steroid dienone is 3. The number of phenolic OH excluding ortho intramolecular Hbond substituents is 1. The molecule has 0 unspecified atom stereocenters. The summed E-state index contributed by atoms with van der Waals surface area (Å²) in [4.78, 5) is 11.4. The van der Waals surface area contributed by atoms with Crippen molar-refractivity contribution in [3.8, 4) is 17.2 Å². The third-order valence-electron chi connectivity index (χ3n) is 4.33. The Kier molecular flexibility index (Phi) is 8.78. The van der Waals surface area contributed by atoms with E-state index in [2.05, 4.69) is 0 Å². The number of benzene rings is 2. The fraction of sp³-hybridized carbons (Fsp3) is 0.261. The van der Waals surface area contributed by atoms with E-state index in [-0.39, 0.29) is 12.5 Å². The molecule has 0 saturated heterocycles. The van der Waals surface area contributed by atoms with Crippen molar-refractivity contribution in [3.05, 3.63) is 68.7 Å². The van der Waals surface area contributed by atoms with Gasteiger partial charge < -0.3 is 19.3 Å². The molecular weight excluding hydrogens is 427 g/mol. The molecule has 0 fully saturated rings. The van der Waals surface area contributed by atoms with Gasteiger partial charge in [-0.2, -0.15) is 0 Å². The fourth-order valence-electron chi connectivity index (χ4n) is 2.89. The lowest BCUT2D eigenvalue weighted by Gasteiger charge is -2.20. The van der Waals surface area contributed by atoms with Crippen LogP contribution in [0.2, 0.25) is 10.0 Å². The first-order valence-electron chi connectivity index (χ1n) is 9.13. The van der Waals surface area contributed by atoms with Gasteiger partial charge in [0.05, 0.1) is 22.7 Å². The van der Waals surface area contributed by atoms with Crippen LogP contribution in [0.25, 0.3) is 5.57 Å². The Balaban J connectivity index is 2.78. The summed E-state index contributed by atoms with van der Waals surface area (Å²) in [5.74, 6) is 0.697. The maximum Gasteiger partial charge on any atom is 0.188 e. The van der Waals surface area contributed by atoms with Gasteiger partial charge >= 0.3 is 0 Å². The first-order valence-corrected chi connectivity index (χ1v) is 9.88. The van der Waals surface area contributed by atoms with Crippen LogP contribution in [0, 0.1) is 0 Å². The third kappa shape index (κ3) is 5.57. The zero-order valence-electron chi connectivity index (χ0n) is 17.3. The normalized spacial score (nSPS) is 11.2. The summed E-state index contributed by atoms with van der Waals surface area (Å²) in [7, 11) is 2.98. The van der Waals surface area contributed by atoms with Gasteiger partial charge in [0.15, 0.2) is 6.79 Å². The summed E-state index contributed by atoms with van der Waals surface area (Å²) in [5.41, 5.74) is 3.02. The molecule has 2 rings (SSSR count). The van der Waals surface area contributed by atoms with Crippen LogP contribution in [0.15, 0.2) is 42.0 Å². The molecule has 0 amide bonds. The van der Waals surface area contributed by atoms with Crippen molar-refractivity contribution in [1.29, 1.82) is 0 Å².